The molecule has 1 saturated heterocycles. The van der Waals surface area contributed by atoms with Gasteiger partial charge in [-0.05, 0) is 39.5 Å². The lowest BCUT2D eigenvalue weighted by molar-refractivity contribution is -0.135. The lowest BCUT2D eigenvalue weighted by Gasteiger charge is -2.33. The van der Waals surface area contributed by atoms with E-state index in [2.05, 4.69) is 6.92 Å². The number of hydrogen-bond donors (Lipinski definition) is 1. The molecule has 0 bridgehead atoms. The molecule has 1 amide bonds. The van der Waals surface area contributed by atoms with E-state index < -0.39 is 0 Å². The second-order valence-corrected chi connectivity index (χ2v) is 4.32. The topological polar surface area (TPSA) is 40.5 Å². The number of piperidine rings is 1. The van der Waals surface area contributed by atoms with Crippen molar-refractivity contribution in [2.45, 2.75) is 58.1 Å². The van der Waals surface area contributed by atoms with Gasteiger partial charge in [0.05, 0.1) is 6.10 Å². The van der Waals surface area contributed by atoms with Gasteiger partial charge in [0.15, 0.2) is 0 Å². The maximum Gasteiger partial charge on any atom is 0.222 e. The molecule has 0 aliphatic carbocycles. The lowest BCUT2D eigenvalue weighted by atomic mass is 10.0. The number of aliphatic hydroxyl groups excluding tert-OH is 1. The maximum absolute atomic E-state index is 11.7. The quantitative estimate of drug-likeness (QED) is 0.749. The third-order valence-corrected chi connectivity index (χ3v) is 2.90. The van der Waals surface area contributed by atoms with Gasteiger partial charge in [-0.15, -0.1) is 0 Å². The number of carbonyl (C=O) groups excluding carboxylic acids is 1. The van der Waals surface area contributed by atoms with E-state index in [4.69, 9.17) is 5.11 Å². The Labute approximate surface area is 86.1 Å². The molecule has 1 fully saturated rings. The zero-order valence-corrected chi connectivity index (χ0v) is 9.20. The molecule has 3 heteroatoms. The summed E-state index contributed by atoms with van der Waals surface area (Å²) in [5.41, 5.74) is 0. The SMILES string of the molecule is CC(O)CCC(=O)N1CCCCC1C. The largest absolute Gasteiger partial charge is 0.393 e. The Morgan fingerprint density at radius 1 is 1.57 bits per heavy atom. The summed E-state index contributed by atoms with van der Waals surface area (Å²) in [6.07, 6.45) is 4.20. The van der Waals surface area contributed by atoms with Crippen LogP contribution in [0.1, 0.15) is 46.0 Å². The van der Waals surface area contributed by atoms with Crippen molar-refractivity contribution in [2.24, 2.45) is 0 Å². The van der Waals surface area contributed by atoms with Crippen molar-refractivity contribution in [3.05, 3.63) is 0 Å². The summed E-state index contributed by atoms with van der Waals surface area (Å²) >= 11 is 0. The van der Waals surface area contributed by atoms with E-state index in [9.17, 15) is 4.79 Å². The van der Waals surface area contributed by atoms with Crippen molar-refractivity contribution in [3.8, 4) is 0 Å². The van der Waals surface area contributed by atoms with Gasteiger partial charge in [-0.1, -0.05) is 0 Å². The Hall–Kier alpha value is -0.570. The number of rotatable bonds is 3. The molecule has 0 spiro atoms. The van der Waals surface area contributed by atoms with Crippen LogP contribution in [0.15, 0.2) is 0 Å². The summed E-state index contributed by atoms with van der Waals surface area (Å²) in [6, 6.07) is 0.394. The van der Waals surface area contributed by atoms with Crippen LogP contribution < -0.4 is 0 Å². The zero-order chi connectivity index (χ0) is 10.6. The van der Waals surface area contributed by atoms with Gasteiger partial charge in [0.25, 0.3) is 0 Å². The zero-order valence-electron chi connectivity index (χ0n) is 9.20. The minimum atomic E-state index is -0.362. The van der Waals surface area contributed by atoms with Crippen LogP contribution in [0.2, 0.25) is 0 Å². The van der Waals surface area contributed by atoms with E-state index in [1.165, 1.54) is 6.42 Å². The molecule has 1 aliphatic heterocycles. The van der Waals surface area contributed by atoms with Gasteiger partial charge in [-0.2, -0.15) is 0 Å². The monoisotopic (exact) mass is 199 g/mol. The first kappa shape index (κ1) is 11.5. The smallest absolute Gasteiger partial charge is 0.222 e. The van der Waals surface area contributed by atoms with Crippen LogP contribution in [0.3, 0.4) is 0 Å². The van der Waals surface area contributed by atoms with E-state index >= 15 is 0 Å². The Morgan fingerprint density at radius 2 is 2.29 bits per heavy atom. The van der Waals surface area contributed by atoms with Crippen LogP contribution in [-0.2, 0) is 4.79 Å². The molecule has 2 atom stereocenters. The van der Waals surface area contributed by atoms with Gasteiger partial charge in [-0.3, -0.25) is 4.79 Å². The van der Waals surface area contributed by atoms with Crippen LogP contribution in [0.4, 0.5) is 0 Å². The van der Waals surface area contributed by atoms with Gasteiger partial charge in [0.2, 0.25) is 5.91 Å². The fourth-order valence-corrected chi connectivity index (χ4v) is 1.94. The second-order valence-electron chi connectivity index (χ2n) is 4.32. The lowest BCUT2D eigenvalue weighted by Crippen LogP contribution is -2.42. The van der Waals surface area contributed by atoms with E-state index in [1.54, 1.807) is 6.92 Å². The highest BCUT2D eigenvalue weighted by Gasteiger charge is 2.22. The van der Waals surface area contributed by atoms with Crippen molar-refractivity contribution < 1.29 is 9.90 Å². The van der Waals surface area contributed by atoms with Crippen LogP contribution in [-0.4, -0.2) is 34.6 Å². The molecule has 1 N–H and O–H groups in total. The molecule has 0 saturated carbocycles. The maximum atomic E-state index is 11.7. The van der Waals surface area contributed by atoms with Crippen molar-refractivity contribution in [2.75, 3.05) is 6.54 Å². The molecule has 1 aliphatic rings. The summed E-state index contributed by atoms with van der Waals surface area (Å²) in [5.74, 6) is 0.207. The van der Waals surface area contributed by atoms with Crippen molar-refractivity contribution in [1.29, 1.82) is 0 Å². The Bertz CT molecular complexity index is 192. The first-order valence-electron chi connectivity index (χ1n) is 5.59. The standard InChI is InChI=1S/C11H21NO2/c1-9-5-3-4-8-12(9)11(14)7-6-10(2)13/h9-10,13H,3-8H2,1-2H3. The molecule has 3 nitrogen and oxygen atoms in total. The number of amides is 1. The van der Waals surface area contributed by atoms with E-state index in [0.29, 0.717) is 18.9 Å². The van der Waals surface area contributed by atoms with Gasteiger partial charge >= 0.3 is 0 Å². The molecule has 82 valence electrons. The van der Waals surface area contributed by atoms with Gasteiger partial charge in [0, 0.05) is 19.0 Å². The van der Waals surface area contributed by atoms with E-state index in [1.807, 2.05) is 4.90 Å². The Morgan fingerprint density at radius 3 is 2.86 bits per heavy atom. The minimum Gasteiger partial charge on any atom is -0.393 e. The summed E-state index contributed by atoms with van der Waals surface area (Å²) < 4.78 is 0. The summed E-state index contributed by atoms with van der Waals surface area (Å²) in [6.45, 7) is 4.74. The molecule has 0 aromatic carbocycles. The molecule has 1 heterocycles. The number of carbonyl (C=O) groups is 1. The van der Waals surface area contributed by atoms with Crippen molar-refractivity contribution in [3.63, 3.8) is 0 Å². The van der Waals surface area contributed by atoms with Gasteiger partial charge in [0.1, 0.15) is 0 Å². The fraction of sp³-hybridized carbons (Fsp3) is 0.909. The predicted molar refractivity (Wildman–Crippen MR) is 55.9 cm³/mol. The molecule has 0 aromatic rings. The third kappa shape index (κ3) is 3.29. The molecule has 0 radical (unpaired) electrons. The van der Waals surface area contributed by atoms with Crippen molar-refractivity contribution in [1.82, 2.24) is 4.90 Å². The van der Waals surface area contributed by atoms with Crippen LogP contribution in [0, 0.1) is 0 Å². The highest BCUT2D eigenvalue weighted by atomic mass is 16.3. The average Bonchev–Trinajstić information content (AvgIpc) is 2.15. The summed E-state index contributed by atoms with van der Waals surface area (Å²) in [5, 5.41) is 9.09. The molecular formula is C11H21NO2. The third-order valence-electron chi connectivity index (χ3n) is 2.90. The van der Waals surface area contributed by atoms with Crippen LogP contribution >= 0.6 is 0 Å². The van der Waals surface area contributed by atoms with E-state index in [-0.39, 0.29) is 12.0 Å². The fourth-order valence-electron chi connectivity index (χ4n) is 1.94. The normalized spacial score (nSPS) is 24.8. The first-order valence-corrected chi connectivity index (χ1v) is 5.59. The van der Waals surface area contributed by atoms with Crippen molar-refractivity contribution >= 4 is 5.91 Å². The highest BCUT2D eigenvalue weighted by molar-refractivity contribution is 5.76. The molecular weight excluding hydrogens is 178 g/mol. The number of hydrogen-bond acceptors (Lipinski definition) is 2. The van der Waals surface area contributed by atoms with Crippen LogP contribution in [0.25, 0.3) is 0 Å². The second kappa shape index (κ2) is 5.35. The molecule has 0 aromatic heterocycles. The average molecular weight is 199 g/mol. The number of nitrogens with zero attached hydrogens (tertiary/aromatic N) is 1. The van der Waals surface area contributed by atoms with Crippen LogP contribution in [0.5, 0.6) is 0 Å². The molecule has 14 heavy (non-hydrogen) atoms. The highest BCUT2D eigenvalue weighted by Crippen LogP contribution is 2.17. The number of likely N-dealkylation sites (tertiary alicyclic amines) is 1. The molecule has 2 unspecified atom stereocenters. The Balaban J connectivity index is 2.34. The van der Waals surface area contributed by atoms with Gasteiger partial charge in [-0.25, -0.2) is 0 Å². The summed E-state index contributed by atoms with van der Waals surface area (Å²) in [7, 11) is 0. The van der Waals surface area contributed by atoms with E-state index in [0.717, 1.165) is 19.4 Å². The first-order chi connectivity index (χ1) is 6.61. The number of aliphatic hydroxyl groups is 1. The predicted octanol–water partition coefficient (Wildman–Crippen LogP) is 1.55. The molecule has 1 rings (SSSR count). The minimum absolute atomic E-state index is 0.207. The Kier molecular flexibility index (Phi) is 4.39. The van der Waals surface area contributed by atoms with Gasteiger partial charge < -0.3 is 10.0 Å². The summed E-state index contributed by atoms with van der Waals surface area (Å²) in [4.78, 5) is 13.7.